The Morgan fingerprint density at radius 3 is 2.58 bits per heavy atom. The number of aliphatic hydroxyl groups excluding tert-OH is 1. The van der Waals surface area contributed by atoms with Crippen LogP contribution in [0.4, 0.5) is 0 Å². The summed E-state index contributed by atoms with van der Waals surface area (Å²) >= 11 is 0. The molecule has 0 aliphatic carbocycles. The molecule has 0 saturated heterocycles. The SMILES string of the molecule is COc1ccc(C#CCO)c(COC(C)C(C)C)c1. The molecule has 0 radical (unpaired) electrons. The van der Waals surface area contributed by atoms with Crippen molar-refractivity contribution in [3.8, 4) is 17.6 Å². The van der Waals surface area contributed by atoms with Gasteiger partial charge in [0.25, 0.3) is 0 Å². The molecule has 1 aromatic carbocycles. The van der Waals surface area contributed by atoms with E-state index >= 15 is 0 Å². The third-order valence-corrected chi connectivity index (χ3v) is 3.06. The molecule has 1 atom stereocenters. The summed E-state index contributed by atoms with van der Waals surface area (Å²) < 4.78 is 11.0. The Balaban J connectivity index is 2.88. The van der Waals surface area contributed by atoms with Gasteiger partial charge in [0.2, 0.25) is 0 Å². The van der Waals surface area contributed by atoms with Crippen molar-refractivity contribution in [2.24, 2.45) is 5.92 Å². The Morgan fingerprint density at radius 2 is 2.00 bits per heavy atom. The van der Waals surface area contributed by atoms with Crippen LogP contribution in [-0.4, -0.2) is 24.9 Å². The molecule has 3 heteroatoms. The van der Waals surface area contributed by atoms with E-state index in [2.05, 4.69) is 32.6 Å². The zero-order valence-electron chi connectivity index (χ0n) is 12.1. The van der Waals surface area contributed by atoms with E-state index in [1.807, 2.05) is 18.2 Å². The highest BCUT2D eigenvalue weighted by atomic mass is 16.5. The van der Waals surface area contributed by atoms with Crippen LogP contribution in [0.1, 0.15) is 31.9 Å². The van der Waals surface area contributed by atoms with Gasteiger partial charge in [0.15, 0.2) is 0 Å². The van der Waals surface area contributed by atoms with Gasteiger partial charge in [0.1, 0.15) is 12.4 Å². The molecule has 1 rings (SSSR count). The van der Waals surface area contributed by atoms with Crippen molar-refractivity contribution in [1.82, 2.24) is 0 Å². The van der Waals surface area contributed by atoms with E-state index in [1.54, 1.807) is 7.11 Å². The lowest BCUT2D eigenvalue weighted by Gasteiger charge is -2.17. The molecule has 0 heterocycles. The highest BCUT2D eigenvalue weighted by Gasteiger charge is 2.09. The number of hydrogen-bond donors (Lipinski definition) is 1. The third-order valence-electron chi connectivity index (χ3n) is 3.06. The maximum atomic E-state index is 8.78. The molecule has 0 aliphatic heterocycles. The van der Waals surface area contributed by atoms with Crippen molar-refractivity contribution in [2.45, 2.75) is 33.5 Å². The van der Waals surface area contributed by atoms with E-state index in [4.69, 9.17) is 14.6 Å². The first-order valence-electron chi connectivity index (χ1n) is 6.46. The first-order chi connectivity index (χ1) is 9.08. The topological polar surface area (TPSA) is 38.7 Å². The maximum Gasteiger partial charge on any atom is 0.119 e. The number of aliphatic hydroxyl groups is 1. The second kappa shape index (κ2) is 7.83. The fraction of sp³-hybridized carbons (Fsp3) is 0.500. The largest absolute Gasteiger partial charge is 0.497 e. The van der Waals surface area contributed by atoms with Crippen molar-refractivity contribution in [3.63, 3.8) is 0 Å². The summed E-state index contributed by atoms with van der Waals surface area (Å²) in [5, 5.41) is 8.78. The van der Waals surface area contributed by atoms with Gasteiger partial charge in [0.05, 0.1) is 19.8 Å². The van der Waals surface area contributed by atoms with Gasteiger partial charge >= 0.3 is 0 Å². The Labute approximate surface area is 115 Å². The molecule has 0 spiro atoms. The lowest BCUT2D eigenvalue weighted by molar-refractivity contribution is 0.0233. The summed E-state index contributed by atoms with van der Waals surface area (Å²) in [6.45, 7) is 6.66. The minimum Gasteiger partial charge on any atom is -0.497 e. The van der Waals surface area contributed by atoms with E-state index in [1.165, 1.54) is 0 Å². The van der Waals surface area contributed by atoms with Crippen LogP contribution in [-0.2, 0) is 11.3 Å². The lowest BCUT2D eigenvalue weighted by atomic mass is 10.1. The van der Waals surface area contributed by atoms with Gasteiger partial charge in [-0.25, -0.2) is 0 Å². The lowest BCUT2D eigenvalue weighted by Crippen LogP contribution is -2.15. The normalized spacial score (nSPS) is 11.9. The summed E-state index contributed by atoms with van der Waals surface area (Å²) in [4.78, 5) is 0. The number of methoxy groups -OCH3 is 1. The van der Waals surface area contributed by atoms with Crippen LogP contribution in [0.5, 0.6) is 5.75 Å². The average Bonchev–Trinajstić information content (AvgIpc) is 2.42. The summed E-state index contributed by atoms with van der Waals surface area (Å²) in [6, 6.07) is 5.67. The third kappa shape index (κ3) is 4.94. The average molecular weight is 262 g/mol. The van der Waals surface area contributed by atoms with Gasteiger partial charge in [0, 0.05) is 5.56 Å². The smallest absolute Gasteiger partial charge is 0.119 e. The van der Waals surface area contributed by atoms with Gasteiger partial charge in [-0.3, -0.25) is 0 Å². The van der Waals surface area contributed by atoms with E-state index in [0.717, 1.165) is 16.9 Å². The van der Waals surface area contributed by atoms with Gasteiger partial charge in [-0.2, -0.15) is 0 Å². The predicted octanol–water partition coefficient (Wildman–Crippen LogP) is 2.60. The van der Waals surface area contributed by atoms with Crippen molar-refractivity contribution < 1.29 is 14.6 Å². The molecule has 1 aromatic rings. The molecule has 104 valence electrons. The minimum atomic E-state index is -0.144. The van der Waals surface area contributed by atoms with E-state index in [9.17, 15) is 0 Å². The molecule has 1 unspecified atom stereocenters. The van der Waals surface area contributed by atoms with Crippen LogP contribution in [0.2, 0.25) is 0 Å². The molecule has 3 nitrogen and oxygen atoms in total. The quantitative estimate of drug-likeness (QED) is 0.829. The van der Waals surface area contributed by atoms with Gasteiger partial charge < -0.3 is 14.6 Å². The first-order valence-corrected chi connectivity index (χ1v) is 6.46. The number of rotatable bonds is 5. The Morgan fingerprint density at radius 1 is 1.26 bits per heavy atom. The number of ether oxygens (including phenoxy) is 2. The number of benzene rings is 1. The molecule has 0 amide bonds. The molecule has 0 saturated carbocycles. The van der Waals surface area contributed by atoms with Crippen LogP contribution >= 0.6 is 0 Å². The van der Waals surface area contributed by atoms with E-state index in [0.29, 0.717) is 12.5 Å². The zero-order chi connectivity index (χ0) is 14.3. The number of hydrogen-bond acceptors (Lipinski definition) is 3. The molecular formula is C16H22O3. The second-order valence-electron chi connectivity index (χ2n) is 4.74. The Hall–Kier alpha value is -1.50. The predicted molar refractivity (Wildman–Crippen MR) is 76.0 cm³/mol. The van der Waals surface area contributed by atoms with Crippen molar-refractivity contribution >= 4 is 0 Å². The van der Waals surface area contributed by atoms with Crippen LogP contribution < -0.4 is 4.74 Å². The maximum absolute atomic E-state index is 8.78. The van der Waals surface area contributed by atoms with Gasteiger partial charge in [-0.05, 0) is 36.6 Å². The molecular weight excluding hydrogens is 240 g/mol. The standard InChI is InChI=1S/C16H22O3/c1-12(2)13(3)19-11-15-10-16(18-4)8-7-14(15)6-5-9-17/h7-8,10,12-13,17H,9,11H2,1-4H3. The van der Waals surface area contributed by atoms with Crippen molar-refractivity contribution in [1.29, 1.82) is 0 Å². The fourth-order valence-corrected chi connectivity index (χ4v) is 1.49. The van der Waals surface area contributed by atoms with Crippen molar-refractivity contribution in [3.05, 3.63) is 29.3 Å². The molecule has 1 N–H and O–H groups in total. The molecule has 0 fully saturated rings. The molecule has 0 aromatic heterocycles. The fourth-order valence-electron chi connectivity index (χ4n) is 1.49. The highest BCUT2D eigenvalue weighted by molar-refractivity contribution is 5.45. The summed E-state index contributed by atoms with van der Waals surface area (Å²) in [6.07, 6.45) is 0.185. The first kappa shape index (κ1) is 15.6. The Kier molecular flexibility index (Phi) is 6.41. The van der Waals surface area contributed by atoms with E-state index < -0.39 is 0 Å². The van der Waals surface area contributed by atoms with Crippen LogP contribution in [0, 0.1) is 17.8 Å². The summed E-state index contributed by atoms with van der Waals surface area (Å²) in [5.74, 6) is 6.85. The van der Waals surface area contributed by atoms with Gasteiger partial charge in [-0.15, -0.1) is 0 Å². The minimum absolute atomic E-state index is 0.144. The molecule has 0 bridgehead atoms. The second-order valence-corrected chi connectivity index (χ2v) is 4.74. The van der Waals surface area contributed by atoms with E-state index in [-0.39, 0.29) is 12.7 Å². The van der Waals surface area contributed by atoms with Gasteiger partial charge in [-0.1, -0.05) is 25.7 Å². The van der Waals surface area contributed by atoms with Crippen molar-refractivity contribution in [2.75, 3.05) is 13.7 Å². The Bertz CT molecular complexity index is 455. The molecule has 19 heavy (non-hydrogen) atoms. The monoisotopic (exact) mass is 262 g/mol. The van der Waals surface area contributed by atoms with Crippen LogP contribution in [0.25, 0.3) is 0 Å². The molecule has 0 aliphatic rings. The zero-order valence-corrected chi connectivity index (χ0v) is 12.1. The summed E-state index contributed by atoms with van der Waals surface area (Å²) in [5.41, 5.74) is 1.85. The van der Waals surface area contributed by atoms with Crippen LogP contribution in [0.3, 0.4) is 0 Å². The summed E-state index contributed by atoms with van der Waals surface area (Å²) in [7, 11) is 1.63. The van der Waals surface area contributed by atoms with Crippen LogP contribution in [0.15, 0.2) is 18.2 Å². The highest BCUT2D eigenvalue weighted by Crippen LogP contribution is 2.19.